The normalized spacial score (nSPS) is 15.1. The summed E-state index contributed by atoms with van der Waals surface area (Å²) >= 11 is 1.73. The summed E-state index contributed by atoms with van der Waals surface area (Å²) in [7, 11) is 1.63. The molecule has 3 aromatic rings. The molecule has 0 aliphatic carbocycles. The highest BCUT2D eigenvalue weighted by atomic mass is 32.1. The number of anilines is 2. The fourth-order valence-corrected chi connectivity index (χ4v) is 4.19. The molecule has 1 N–H and O–H groups in total. The first-order chi connectivity index (χ1) is 13.2. The van der Waals surface area contributed by atoms with Gasteiger partial charge in [0.05, 0.1) is 23.9 Å². The number of nitrogens with zero attached hydrogens (tertiary/aromatic N) is 3. The van der Waals surface area contributed by atoms with E-state index in [1.54, 1.807) is 18.4 Å². The van der Waals surface area contributed by atoms with E-state index < -0.39 is 0 Å². The van der Waals surface area contributed by atoms with Gasteiger partial charge >= 0.3 is 0 Å². The van der Waals surface area contributed by atoms with E-state index in [1.807, 2.05) is 36.4 Å². The number of hydrogen-bond acceptors (Lipinski definition) is 6. The van der Waals surface area contributed by atoms with Crippen molar-refractivity contribution in [2.75, 3.05) is 50.1 Å². The van der Waals surface area contributed by atoms with Crippen molar-refractivity contribution in [1.29, 1.82) is 0 Å². The van der Waals surface area contributed by atoms with E-state index in [2.05, 4.69) is 27.2 Å². The lowest BCUT2D eigenvalue weighted by Crippen LogP contribution is -2.48. The van der Waals surface area contributed by atoms with E-state index in [0.29, 0.717) is 6.54 Å². The molecule has 1 aliphatic heterocycles. The van der Waals surface area contributed by atoms with Crippen LogP contribution in [-0.2, 0) is 4.79 Å². The van der Waals surface area contributed by atoms with Crippen LogP contribution in [0.2, 0.25) is 0 Å². The Morgan fingerprint density at radius 3 is 2.56 bits per heavy atom. The van der Waals surface area contributed by atoms with Gasteiger partial charge in [0.25, 0.3) is 0 Å². The Labute approximate surface area is 162 Å². The Bertz CT molecular complexity index is 884. The van der Waals surface area contributed by atoms with Gasteiger partial charge in [-0.05, 0) is 36.4 Å². The second-order valence-electron chi connectivity index (χ2n) is 6.50. The molecular formula is C20H22N4O2S. The molecule has 0 radical (unpaired) electrons. The summed E-state index contributed by atoms with van der Waals surface area (Å²) in [6.07, 6.45) is 0. The van der Waals surface area contributed by atoms with Gasteiger partial charge in [-0.3, -0.25) is 9.69 Å². The number of nitrogens with one attached hydrogen (secondary N) is 1. The molecular weight excluding hydrogens is 360 g/mol. The number of aromatic nitrogens is 1. The number of ether oxygens (including phenoxy) is 1. The van der Waals surface area contributed by atoms with Crippen LogP contribution in [0, 0.1) is 0 Å². The Kier molecular flexibility index (Phi) is 5.22. The lowest BCUT2D eigenvalue weighted by molar-refractivity contribution is -0.117. The molecule has 1 amide bonds. The highest BCUT2D eigenvalue weighted by Gasteiger charge is 2.21. The lowest BCUT2D eigenvalue weighted by Gasteiger charge is -2.34. The molecule has 2 heterocycles. The maximum atomic E-state index is 12.3. The van der Waals surface area contributed by atoms with Gasteiger partial charge in [0.2, 0.25) is 5.91 Å². The van der Waals surface area contributed by atoms with Crippen LogP contribution in [0.25, 0.3) is 10.2 Å². The largest absolute Gasteiger partial charge is 0.497 e. The van der Waals surface area contributed by atoms with Crippen molar-refractivity contribution >= 4 is 38.3 Å². The number of para-hydroxylation sites is 1. The minimum absolute atomic E-state index is 0.00797. The Balaban J connectivity index is 1.29. The quantitative estimate of drug-likeness (QED) is 0.735. The number of carbonyl (C=O) groups is 1. The van der Waals surface area contributed by atoms with Gasteiger partial charge in [0.1, 0.15) is 5.75 Å². The molecule has 4 rings (SSSR count). The third-order valence-corrected chi connectivity index (χ3v) is 5.76. The van der Waals surface area contributed by atoms with Gasteiger partial charge in [0, 0.05) is 31.9 Å². The molecule has 1 aliphatic rings. The fraction of sp³-hybridized carbons (Fsp3) is 0.300. The molecule has 2 aromatic carbocycles. The minimum atomic E-state index is 0.00797. The summed E-state index contributed by atoms with van der Waals surface area (Å²) in [6.45, 7) is 3.88. The van der Waals surface area contributed by atoms with Gasteiger partial charge in [-0.15, -0.1) is 0 Å². The zero-order valence-corrected chi connectivity index (χ0v) is 16.0. The topological polar surface area (TPSA) is 57.7 Å². The predicted molar refractivity (Wildman–Crippen MR) is 110 cm³/mol. The van der Waals surface area contributed by atoms with Crippen molar-refractivity contribution < 1.29 is 9.53 Å². The van der Waals surface area contributed by atoms with E-state index in [0.717, 1.165) is 48.3 Å². The standard InChI is InChI=1S/C20H22N4O2S/c1-26-16-8-6-15(7-9-16)21-19(25)14-23-10-12-24(13-11-23)20-22-17-4-2-3-5-18(17)27-20/h2-9H,10-14H2,1H3,(H,21,25). The molecule has 0 bridgehead atoms. The van der Waals surface area contributed by atoms with E-state index in [4.69, 9.17) is 9.72 Å². The number of fused-ring (bicyclic) bond motifs is 1. The first kappa shape index (κ1) is 17.8. The van der Waals surface area contributed by atoms with Crippen LogP contribution >= 0.6 is 11.3 Å². The molecule has 1 fully saturated rings. The van der Waals surface area contributed by atoms with Crippen molar-refractivity contribution in [2.45, 2.75) is 0 Å². The third kappa shape index (κ3) is 4.20. The molecule has 1 aromatic heterocycles. The second-order valence-corrected chi connectivity index (χ2v) is 7.51. The number of rotatable bonds is 5. The number of thiazole rings is 1. The fourth-order valence-electron chi connectivity index (χ4n) is 3.17. The molecule has 0 unspecified atom stereocenters. The SMILES string of the molecule is COc1ccc(NC(=O)CN2CCN(c3nc4ccccc4s3)CC2)cc1. The maximum Gasteiger partial charge on any atom is 0.238 e. The number of piperazine rings is 1. The van der Waals surface area contributed by atoms with Gasteiger partial charge in [-0.25, -0.2) is 4.98 Å². The number of amides is 1. The van der Waals surface area contributed by atoms with Crippen LogP contribution in [0.15, 0.2) is 48.5 Å². The van der Waals surface area contributed by atoms with Crippen LogP contribution in [0.1, 0.15) is 0 Å². The number of carbonyl (C=O) groups excluding carboxylic acids is 1. The summed E-state index contributed by atoms with van der Waals surface area (Å²) < 4.78 is 6.35. The highest BCUT2D eigenvalue weighted by molar-refractivity contribution is 7.22. The zero-order chi connectivity index (χ0) is 18.6. The molecule has 1 saturated heterocycles. The maximum absolute atomic E-state index is 12.3. The molecule has 6 nitrogen and oxygen atoms in total. The van der Waals surface area contributed by atoms with Crippen molar-refractivity contribution in [2.24, 2.45) is 0 Å². The van der Waals surface area contributed by atoms with Crippen molar-refractivity contribution in [3.05, 3.63) is 48.5 Å². The van der Waals surface area contributed by atoms with Gasteiger partial charge < -0.3 is 15.0 Å². The first-order valence-electron chi connectivity index (χ1n) is 8.98. The summed E-state index contributed by atoms with van der Waals surface area (Å²) in [5.74, 6) is 0.785. The van der Waals surface area contributed by atoms with E-state index >= 15 is 0 Å². The average molecular weight is 382 g/mol. The van der Waals surface area contributed by atoms with E-state index in [9.17, 15) is 4.79 Å². The highest BCUT2D eigenvalue weighted by Crippen LogP contribution is 2.29. The Hall–Kier alpha value is -2.64. The van der Waals surface area contributed by atoms with Crippen LogP contribution < -0.4 is 15.0 Å². The Morgan fingerprint density at radius 2 is 1.85 bits per heavy atom. The van der Waals surface area contributed by atoms with Crippen LogP contribution in [0.5, 0.6) is 5.75 Å². The second kappa shape index (κ2) is 7.94. The van der Waals surface area contributed by atoms with Crippen LogP contribution in [0.3, 0.4) is 0 Å². The van der Waals surface area contributed by atoms with E-state index in [-0.39, 0.29) is 5.91 Å². The molecule has 7 heteroatoms. The van der Waals surface area contributed by atoms with Gasteiger partial charge in [-0.2, -0.15) is 0 Å². The molecule has 27 heavy (non-hydrogen) atoms. The van der Waals surface area contributed by atoms with E-state index in [1.165, 1.54) is 4.70 Å². The zero-order valence-electron chi connectivity index (χ0n) is 15.2. The summed E-state index contributed by atoms with van der Waals surface area (Å²) in [6, 6.07) is 15.6. The predicted octanol–water partition coefficient (Wildman–Crippen LogP) is 3.07. The number of benzene rings is 2. The van der Waals surface area contributed by atoms with Crippen molar-refractivity contribution in [1.82, 2.24) is 9.88 Å². The third-order valence-electron chi connectivity index (χ3n) is 4.67. The van der Waals surface area contributed by atoms with Gasteiger partial charge in [0.15, 0.2) is 5.13 Å². The van der Waals surface area contributed by atoms with Crippen molar-refractivity contribution in [3.63, 3.8) is 0 Å². The monoisotopic (exact) mass is 382 g/mol. The summed E-state index contributed by atoms with van der Waals surface area (Å²) in [5.41, 5.74) is 1.84. The molecule has 0 atom stereocenters. The smallest absolute Gasteiger partial charge is 0.238 e. The average Bonchev–Trinajstić information content (AvgIpc) is 3.13. The molecule has 0 spiro atoms. The van der Waals surface area contributed by atoms with Crippen molar-refractivity contribution in [3.8, 4) is 5.75 Å². The molecule has 140 valence electrons. The molecule has 0 saturated carbocycles. The lowest BCUT2D eigenvalue weighted by atomic mass is 10.3. The summed E-state index contributed by atoms with van der Waals surface area (Å²) in [4.78, 5) is 21.5. The minimum Gasteiger partial charge on any atom is -0.497 e. The summed E-state index contributed by atoms with van der Waals surface area (Å²) in [5, 5.41) is 4.01. The number of hydrogen-bond donors (Lipinski definition) is 1. The first-order valence-corrected chi connectivity index (χ1v) is 9.80. The number of methoxy groups -OCH3 is 1. The van der Waals surface area contributed by atoms with Gasteiger partial charge in [-0.1, -0.05) is 23.5 Å². The van der Waals surface area contributed by atoms with Crippen LogP contribution in [0.4, 0.5) is 10.8 Å². The Morgan fingerprint density at radius 1 is 1.11 bits per heavy atom. The van der Waals surface area contributed by atoms with Crippen LogP contribution in [-0.4, -0.2) is 55.6 Å².